The van der Waals surface area contributed by atoms with Gasteiger partial charge in [-0.1, -0.05) is 20.8 Å². The van der Waals surface area contributed by atoms with Gasteiger partial charge in [0.15, 0.2) is 5.13 Å². The van der Waals surface area contributed by atoms with Crippen LogP contribution in [0, 0.1) is 5.92 Å². The highest BCUT2D eigenvalue weighted by molar-refractivity contribution is 7.13. The second-order valence-electron chi connectivity index (χ2n) is 5.87. The summed E-state index contributed by atoms with van der Waals surface area (Å²) in [7, 11) is 0. The van der Waals surface area contributed by atoms with E-state index in [2.05, 4.69) is 57.1 Å². The molecule has 0 spiro atoms. The molecule has 1 unspecified atom stereocenters. The summed E-state index contributed by atoms with van der Waals surface area (Å²) in [6.45, 7) is 15.5. The molecule has 110 valence electrons. The van der Waals surface area contributed by atoms with Crippen molar-refractivity contribution in [2.75, 3.05) is 18.0 Å². The molecule has 0 aromatic carbocycles. The smallest absolute Gasteiger partial charge is 0.185 e. The molecule has 1 heterocycles. The molecule has 0 fully saturated rings. The Bertz CT molecular complexity index is 360. The fraction of sp³-hybridized carbons (Fsp3) is 0.800. The lowest BCUT2D eigenvalue weighted by Gasteiger charge is -2.28. The minimum absolute atomic E-state index is 0.345. The van der Waals surface area contributed by atoms with Crippen LogP contribution >= 0.6 is 11.3 Å². The summed E-state index contributed by atoms with van der Waals surface area (Å²) in [6, 6.07) is 0.846. The van der Waals surface area contributed by atoms with Crippen LogP contribution in [-0.4, -0.2) is 24.1 Å². The van der Waals surface area contributed by atoms with Gasteiger partial charge >= 0.3 is 0 Å². The topological polar surface area (TPSA) is 28.2 Å². The Kier molecular flexibility index (Phi) is 6.80. The molecule has 0 amide bonds. The molecule has 1 aromatic rings. The van der Waals surface area contributed by atoms with Crippen LogP contribution in [-0.2, 0) is 0 Å². The first kappa shape index (κ1) is 16.4. The van der Waals surface area contributed by atoms with Crippen LogP contribution in [0.4, 0.5) is 5.13 Å². The lowest BCUT2D eigenvalue weighted by molar-refractivity contribution is 0.552. The Morgan fingerprint density at radius 1 is 1.26 bits per heavy atom. The Morgan fingerprint density at radius 3 is 2.47 bits per heavy atom. The van der Waals surface area contributed by atoms with Gasteiger partial charge in [0.25, 0.3) is 0 Å². The van der Waals surface area contributed by atoms with Gasteiger partial charge in [-0.15, -0.1) is 11.3 Å². The molecular weight excluding hydrogens is 254 g/mol. The van der Waals surface area contributed by atoms with Crippen molar-refractivity contribution < 1.29 is 0 Å². The molecule has 1 N–H and O–H groups in total. The maximum Gasteiger partial charge on any atom is 0.185 e. The van der Waals surface area contributed by atoms with E-state index in [1.807, 2.05) is 0 Å². The molecule has 0 aliphatic heterocycles. The van der Waals surface area contributed by atoms with Crippen LogP contribution in [0.5, 0.6) is 0 Å². The predicted molar refractivity (Wildman–Crippen MR) is 86.1 cm³/mol. The van der Waals surface area contributed by atoms with Crippen LogP contribution in [0.15, 0.2) is 5.38 Å². The van der Waals surface area contributed by atoms with Crippen molar-refractivity contribution in [3.8, 4) is 0 Å². The lowest BCUT2D eigenvalue weighted by atomic mass is 10.2. The van der Waals surface area contributed by atoms with Crippen molar-refractivity contribution in [1.29, 1.82) is 0 Å². The van der Waals surface area contributed by atoms with Crippen molar-refractivity contribution in [1.82, 2.24) is 10.3 Å². The standard InChI is InChI=1S/C15H29N3S/c1-7-8-16-13(6)14-10-19-15(17-14)18(12(4)5)9-11(2)3/h10-13,16H,7-9H2,1-6H3. The van der Waals surface area contributed by atoms with Crippen LogP contribution in [0.3, 0.4) is 0 Å². The number of hydrogen-bond acceptors (Lipinski definition) is 4. The van der Waals surface area contributed by atoms with Crippen molar-refractivity contribution in [2.45, 2.75) is 60.0 Å². The fourth-order valence-corrected chi connectivity index (χ4v) is 3.04. The minimum atomic E-state index is 0.345. The molecule has 0 saturated carbocycles. The van der Waals surface area contributed by atoms with Gasteiger partial charge in [0.1, 0.15) is 0 Å². The molecule has 3 nitrogen and oxygen atoms in total. The first-order valence-electron chi connectivity index (χ1n) is 7.41. The van der Waals surface area contributed by atoms with Crippen molar-refractivity contribution in [3.63, 3.8) is 0 Å². The Balaban J connectivity index is 2.75. The van der Waals surface area contributed by atoms with E-state index in [-0.39, 0.29) is 0 Å². The average molecular weight is 283 g/mol. The summed E-state index contributed by atoms with van der Waals surface area (Å²) >= 11 is 1.76. The summed E-state index contributed by atoms with van der Waals surface area (Å²) in [5.74, 6) is 0.658. The fourth-order valence-electron chi connectivity index (χ4n) is 1.98. The molecule has 0 bridgehead atoms. The third kappa shape index (κ3) is 5.11. The average Bonchev–Trinajstić information content (AvgIpc) is 2.81. The van der Waals surface area contributed by atoms with Crippen molar-refractivity contribution >= 4 is 16.5 Å². The van der Waals surface area contributed by atoms with Crippen molar-refractivity contribution in [2.24, 2.45) is 5.92 Å². The second-order valence-corrected chi connectivity index (χ2v) is 6.71. The van der Waals surface area contributed by atoms with Gasteiger partial charge in [-0.2, -0.15) is 0 Å². The van der Waals surface area contributed by atoms with Gasteiger partial charge in [-0.25, -0.2) is 4.98 Å². The van der Waals surface area contributed by atoms with Crippen LogP contribution < -0.4 is 10.2 Å². The number of rotatable bonds is 8. The molecule has 1 atom stereocenters. The predicted octanol–water partition coefficient (Wildman–Crippen LogP) is 4.07. The molecule has 0 radical (unpaired) electrons. The van der Waals surface area contributed by atoms with E-state index < -0.39 is 0 Å². The molecule has 1 aromatic heterocycles. The van der Waals surface area contributed by atoms with Crippen molar-refractivity contribution in [3.05, 3.63) is 11.1 Å². The summed E-state index contributed by atoms with van der Waals surface area (Å²) in [5.41, 5.74) is 1.17. The largest absolute Gasteiger partial charge is 0.345 e. The Morgan fingerprint density at radius 2 is 1.95 bits per heavy atom. The number of aromatic nitrogens is 1. The van der Waals surface area contributed by atoms with Gasteiger partial charge < -0.3 is 10.2 Å². The summed E-state index contributed by atoms with van der Waals surface area (Å²) in [5, 5.41) is 6.85. The van der Waals surface area contributed by atoms with Gasteiger partial charge in [-0.3, -0.25) is 0 Å². The van der Waals surface area contributed by atoms with E-state index in [0.717, 1.165) is 24.6 Å². The third-order valence-corrected chi connectivity index (χ3v) is 3.98. The minimum Gasteiger partial charge on any atom is -0.345 e. The molecule has 1 rings (SSSR count). The summed E-state index contributed by atoms with van der Waals surface area (Å²) < 4.78 is 0. The van der Waals surface area contributed by atoms with E-state index in [0.29, 0.717) is 18.0 Å². The normalized spacial score (nSPS) is 13.3. The van der Waals surface area contributed by atoms with E-state index in [9.17, 15) is 0 Å². The maximum absolute atomic E-state index is 4.82. The number of nitrogens with zero attached hydrogens (tertiary/aromatic N) is 2. The van der Waals surface area contributed by atoms with Crippen LogP contribution in [0.2, 0.25) is 0 Å². The van der Waals surface area contributed by atoms with Gasteiger partial charge in [-0.05, 0) is 39.7 Å². The highest BCUT2D eigenvalue weighted by Crippen LogP contribution is 2.26. The van der Waals surface area contributed by atoms with Crippen LogP contribution in [0.1, 0.15) is 59.7 Å². The molecule has 0 aliphatic carbocycles. The molecule has 4 heteroatoms. The monoisotopic (exact) mass is 283 g/mol. The maximum atomic E-state index is 4.82. The van der Waals surface area contributed by atoms with E-state index in [1.165, 1.54) is 5.69 Å². The zero-order valence-electron chi connectivity index (χ0n) is 13.2. The third-order valence-electron chi connectivity index (χ3n) is 3.08. The van der Waals surface area contributed by atoms with Gasteiger partial charge in [0.05, 0.1) is 5.69 Å². The SMILES string of the molecule is CCCNC(C)c1csc(N(CC(C)C)C(C)C)n1. The molecular formula is C15H29N3S. The zero-order valence-corrected chi connectivity index (χ0v) is 14.0. The van der Waals surface area contributed by atoms with Gasteiger partial charge in [0, 0.05) is 24.0 Å². The van der Waals surface area contributed by atoms with Crippen LogP contribution in [0.25, 0.3) is 0 Å². The second kappa shape index (κ2) is 7.85. The van der Waals surface area contributed by atoms with E-state index in [4.69, 9.17) is 4.98 Å². The number of anilines is 1. The highest BCUT2D eigenvalue weighted by Gasteiger charge is 2.17. The first-order valence-corrected chi connectivity index (χ1v) is 8.29. The number of nitrogens with one attached hydrogen (secondary N) is 1. The molecule has 0 saturated heterocycles. The summed E-state index contributed by atoms with van der Waals surface area (Å²) in [6.07, 6.45) is 1.16. The molecule has 0 aliphatic rings. The first-order chi connectivity index (χ1) is 8.95. The quantitative estimate of drug-likeness (QED) is 0.779. The molecule has 19 heavy (non-hydrogen) atoms. The highest BCUT2D eigenvalue weighted by atomic mass is 32.1. The van der Waals surface area contributed by atoms with E-state index in [1.54, 1.807) is 11.3 Å². The number of hydrogen-bond donors (Lipinski definition) is 1. The summed E-state index contributed by atoms with van der Waals surface area (Å²) in [4.78, 5) is 7.23. The van der Waals surface area contributed by atoms with E-state index >= 15 is 0 Å². The zero-order chi connectivity index (χ0) is 14.4. The van der Waals surface area contributed by atoms with Gasteiger partial charge in [0.2, 0.25) is 0 Å². The Labute approximate surface area is 122 Å². The number of thiazole rings is 1. The lowest BCUT2D eigenvalue weighted by Crippen LogP contribution is -2.34. The Hall–Kier alpha value is -0.610.